The van der Waals surface area contributed by atoms with Crippen LogP contribution in [0.5, 0.6) is 0 Å². The monoisotopic (exact) mass is 397 g/mol. The van der Waals surface area contributed by atoms with Gasteiger partial charge in [0.05, 0.1) is 5.69 Å². The Morgan fingerprint density at radius 2 is 1.82 bits per heavy atom. The first-order chi connectivity index (χ1) is 13.7. The van der Waals surface area contributed by atoms with Crippen LogP contribution in [0.4, 0.5) is 0 Å². The van der Waals surface area contributed by atoms with E-state index in [1.807, 2.05) is 6.92 Å². The summed E-state index contributed by atoms with van der Waals surface area (Å²) in [7, 11) is 0. The summed E-state index contributed by atoms with van der Waals surface area (Å²) < 4.78 is 0. The van der Waals surface area contributed by atoms with Gasteiger partial charge in [-0.3, -0.25) is 4.79 Å². The molecule has 4 nitrogen and oxygen atoms in total. The molecule has 5 heteroatoms. The number of rotatable bonds is 4. The number of piperidine rings is 2. The molecule has 2 fully saturated rings. The zero-order chi connectivity index (χ0) is 19.5. The lowest BCUT2D eigenvalue weighted by Gasteiger charge is -2.40. The molecule has 0 radical (unpaired) electrons. The second-order valence-electron chi connectivity index (χ2n) is 8.06. The molecule has 1 aromatic carbocycles. The molecule has 2 saturated heterocycles. The second-order valence-corrected chi connectivity index (χ2v) is 9.06. The van der Waals surface area contributed by atoms with E-state index in [4.69, 9.17) is 4.98 Å². The van der Waals surface area contributed by atoms with Gasteiger partial charge in [0.1, 0.15) is 9.88 Å². The van der Waals surface area contributed by atoms with Crippen LogP contribution in [0.15, 0.2) is 24.3 Å². The van der Waals surface area contributed by atoms with E-state index in [-0.39, 0.29) is 5.91 Å². The molecule has 2 aromatic rings. The first-order valence-corrected chi connectivity index (χ1v) is 11.6. The molecule has 0 spiro atoms. The molecule has 0 saturated carbocycles. The van der Waals surface area contributed by atoms with Gasteiger partial charge in [-0.15, -0.1) is 11.3 Å². The minimum absolute atomic E-state index is 0.173. The van der Waals surface area contributed by atoms with E-state index in [0.717, 1.165) is 47.9 Å². The number of aromatic nitrogens is 1. The fourth-order valence-corrected chi connectivity index (χ4v) is 5.70. The second kappa shape index (κ2) is 8.75. The van der Waals surface area contributed by atoms with Crippen molar-refractivity contribution in [3.63, 3.8) is 0 Å². The Balaban J connectivity index is 1.45. The Hall–Kier alpha value is -1.72. The third-order valence-corrected chi connectivity index (χ3v) is 7.46. The summed E-state index contributed by atoms with van der Waals surface area (Å²) >= 11 is 1.56. The molecule has 1 amide bonds. The zero-order valence-electron chi connectivity index (χ0n) is 17.1. The fraction of sp³-hybridized carbons (Fsp3) is 0.565. The van der Waals surface area contributed by atoms with Gasteiger partial charge in [0.15, 0.2) is 0 Å². The summed E-state index contributed by atoms with van der Waals surface area (Å²) in [6.07, 6.45) is 7.23. The Morgan fingerprint density at radius 1 is 1.11 bits per heavy atom. The maximum Gasteiger partial charge on any atom is 0.265 e. The van der Waals surface area contributed by atoms with Gasteiger partial charge in [-0.05, 0) is 57.7 Å². The fourth-order valence-electron chi connectivity index (χ4n) is 4.61. The molecule has 1 aromatic heterocycles. The number of amides is 1. The zero-order valence-corrected chi connectivity index (χ0v) is 17.9. The summed E-state index contributed by atoms with van der Waals surface area (Å²) in [5, 5.41) is 0.974. The summed E-state index contributed by atoms with van der Waals surface area (Å²) in [6.45, 7) is 8.37. The lowest BCUT2D eigenvalue weighted by Crippen LogP contribution is -2.48. The summed E-state index contributed by atoms with van der Waals surface area (Å²) in [6, 6.07) is 9.06. The van der Waals surface area contributed by atoms with E-state index in [1.165, 1.54) is 43.5 Å². The van der Waals surface area contributed by atoms with Gasteiger partial charge >= 0.3 is 0 Å². The topological polar surface area (TPSA) is 36.4 Å². The molecule has 0 N–H and O–H groups in total. The van der Waals surface area contributed by atoms with Crippen molar-refractivity contribution in [3.05, 3.63) is 40.4 Å². The van der Waals surface area contributed by atoms with Crippen LogP contribution in [0, 0.1) is 6.92 Å². The molecule has 0 bridgehead atoms. The van der Waals surface area contributed by atoms with Crippen molar-refractivity contribution in [2.75, 3.05) is 26.2 Å². The Labute approximate surface area is 172 Å². The Bertz CT molecular complexity index is 817. The predicted molar refractivity (Wildman–Crippen MR) is 116 cm³/mol. The van der Waals surface area contributed by atoms with Gasteiger partial charge in [-0.2, -0.15) is 0 Å². The first kappa shape index (κ1) is 19.6. The standard InChI is InChI=1S/C23H31N3OS/c1-3-18-9-5-6-10-20(18)22-24-17(2)21(28-22)23(27)26-15-11-19(12-16-26)25-13-7-4-8-14-25/h5-6,9-10,19H,3-4,7-8,11-16H2,1-2H3. The van der Waals surface area contributed by atoms with Crippen molar-refractivity contribution < 1.29 is 4.79 Å². The highest BCUT2D eigenvalue weighted by atomic mass is 32.1. The number of likely N-dealkylation sites (tertiary alicyclic amines) is 2. The molecule has 0 aliphatic carbocycles. The van der Waals surface area contributed by atoms with E-state index in [1.54, 1.807) is 11.3 Å². The predicted octanol–water partition coefficient (Wildman–Crippen LogP) is 4.77. The number of hydrogen-bond acceptors (Lipinski definition) is 4. The van der Waals surface area contributed by atoms with E-state index in [0.29, 0.717) is 6.04 Å². The summed E-state index contributed by atoms with van der Waals surface area (Å²) in [4.78, 5) is 23.5. The van der Waals surface area contributed by atoms with Gasteiger partial charge in [0.2, 0.25) is 0 Å². The SMILES string of the molecule is CCc1ccccc1-c1nc(C)c(C(=O)N2CCC(N3CCCCC3)CC2)s1. The van der Waals surface area contributed by atoms with E-state index in [2.05, 4.69) is 41.0 Å². The number of hydrogen-bond donors (Lipinski definition) is 0. The highest BCUT2D eigenvalue weighted by Crippen LogP contribution is 2.32. The number of aryl methyl sites for hydroxylation is 2. The van der Waals surface area contributed by atoms with Crippen LogP contribution in [-0.2, 0) is 6.42 Å². The number of carbonyl (C=O) groups is 1. The number of thiazole rings is 1. The normalized spacial score (nSPS) is 19.1. The van der Waals surface area contributed by atoms with Gasteiger partial charge in [0.25, 0.3) is 5.91 Å². The van der Waals surface area contributed by atoms with E-state index >= 15 is 0 Å². The molecule has 150 valence electrons. The molecule has 2 aliphatic rings. The van der Waals surface area contributed by atoms with Crippen molar-refractivity contribution in [1.82, 2.24) is 14.8 Å². The Kier molecular flexibility index (Phi) is 6.12. The molecular weight excluding hydrogens is 366 g/mol. The number of benzene rings is 1. The van der Waals surface area contributed by atoms with Crippen molar-refractivity contribution in [1.29, 1.82) is 0 Å². The Morgan fingerprint density at radius 3 is 2.54 bits per heavy atom. The highest BCUT2D eigenvalue weighted by Gasteiger charge is 2.29. The smallest absolute Gasteiger partial charge is 0.265 e. The van der Waals surface area contributed by atoms with E-state index < -0.39 is 0 Å². The van der Waals surface area contributed by atoms with Crippen LogP contribution in [0.2, 0.25) is 0 Å². The van der Waals surface area contributed by atoms with Crippen LogP contribution in [0.25, 0.3) is 10.6 Å². The van der Waals surface area contributed by atoms with Crippen molar-refractivity contribution >= 4 is 17.2 Å². The molecular formula is C23H31N3OS. The lowest BCUT2D eigenvalue weighted by atomic mass is 10.00. The third-order valence-electron chi connectivity index (χ3n) is 6.28. The minimum Gasteiger partial charge on any atom is -0.338 e. The van der Waals surface area contributed by atoms with Gasteiger partial charge in [0, 0.05) is 24.7 Å². The van der Waals surface area contributed by atoms with Gasteiger partial charge in [-0.25, -0.2) is 4.98 Å². The molecule has 0 unspecified atom stereocenters. The minimum atomic E-state index is 0.173. The van der Waals surface area contributed by atoms with Crippen molar-refractivity contribution in [2.45, 2.75) is 58.4 Å². The quantitative estimate of drug-likeness (QED) is 0.745. The van der Waals surface area contributed by atoms with Crippen LogP contribution < -0.4 is 0 Å². The number of carbonyl (C=O) groups excluding carboxylic acids is 1. The summed E-state index contributed by atoms with van der Waals surface area (Å²) in [5.41, 5.74) is 3.33. The number of nitrogens with zero attached hydrogens (tertiary/aromatic N) is 3. The average molecular weight is 398 g/mol. The highest BCUT2D eigenvalue weighted by molar-refractivity contribution is 7.17. The van der Waals surface area contributed by atoms with Crippen LogP contribution in [0.1, 0.15) is 60.0 Å². The molecule has 3 heterocycles. The van der Waals surface area contributed by atoms with Crippen molar-refractivity contribution in [3.8, 4) is 10.6 Å². The van der Waals surface area contributed by atoms with Gasteiger partial charge in [-0.1, -0.05) is 37.6 Å². The van der Waals surface area contributed by atoms with Crippen LogP contribution in [0.3, 0.4) is 0 Å². The maximum absolute atomic E-state index is 13.2. The van der Waals surface area contributed by atoms with E-state index in [9.17, 15) is 4.79 Å². The van der Waals surface area contributed by atoms with Crippen LogP contribution >= 0.6 is 11.3 Å². The first-order valence-electron chi connectivity index (χ1n) is 10.8. The summed E-state index contributed by atoms with van der Waals surface area (Å²) in [5.74, 6) is 0.173. The van der Waals surface area contributed by atoms with Crippen molar-refractivity contribution in [2.24, 2.45) is 0 Å². The maximum atomic E-state index is 13.2. The average Bonchev–Trinajstić information content (AvgIpc) is 3.15. The molecule has 0 atom stereocenters. The molecule has 4 rings (SSSR count). The van der Waals surface area contributed by atoms with Crippen LogP contribution in [-0.4, -0.2) is 52.9 Å². The lowest BCUT2D eigenvalue weighted by molar-refractivity contribution is 0.0593. The molecule has 2 aliphatic heterocycles. The largest absolute Gasteiger partial charge is 0.338 e. The third kappa shape index (κ3) is 4.01. The molecule has 28 heavy (non-hydrogen) atoms. The van der Waals surface area contributed by atoms with Gasteiger partial charge < -0.3 is 9.80 Å².